The molecule has 2 unspecified atom stereocenters. The van der Waals surface area contributed by atoms with Crippen molar-refractivity contribution in [2.75, 3.05) is 6.61 Å². The van der Waals surface area contributed by atoms with E-state index in [0.29, 0.717) is 31.4 Å². The lowest BCUT2D eigenvalue weighted by Crippen LogP contribution is -2.52. The predicted molar refractivity (Wildman–Crippen MR) is 129 cm³/mol. The third-order valence-corrected chi connectivity index (χ3v) is 6.47. The molecule has 1 fully saturated rings. The van der Waals surface area contributed by atoms with Crippen LogP contribution in [0.25, 0.3) is 0 Å². The summed E-state index contributed by atoms with van der Waals surface area (Å²) in [4.78, 5) is 24.7. The van der Waals surface area contributed by atoms with Crippen LogP contribution >= 0.6 is 0 Å². The molecule has 0 aromatic heterocycles. The van der Waals surface area contributed by atoms with Gasteiger partial charge in [-0.2, -0.15) is 0 Å². The smallest absolute Gasteiger partial charge is 0.338 e. The zero-order valence-electron chi connectivity index (χ0n) is 20.4. The molecule has 2 aromatic rings. The molecule has 3 rings (SSSR count). The molecular weight excluding hydrogens is 432 g/mol. The molecular formula is C28H36O6. The first-order valence-electron chi connectivity index (χ1n) is 12.2. The molecule has 0 N–H and O–H groups in total. The average molecular weight is 469 g/mol. The average Bonchev–Trinajstić information content (AvgIpc) is 2.87. The third-order valence-electron chi connectivity index (χ3n) is 6.47. The van der Waals surface area contributed by atoms with E-state index in [0.717, 1.165) is 12.0 Å². The number of hydrogen-bond donors (Lipinski definition) is 0. The molecule has 0 aliphatic carbocycles. The van der Waals surface area contributed by atoms with Crippen LogP contribution in [0.5, 0.6) is 0 Å². The molecule has 1 heterocycles. The summed E-state index contributed by atoms with van der Waals surface area (Å²) >= 11 is 0. The maximum absolute atomic E-state index is 12.7. The number of esters is 2. The SMILES string of the molecule is CCC1O[C@H](OCCCCC(=O)OCc2ccccc2)C(OC(=O)c2ccccc2)[C@@H](C)[C@@H]1C. The van der Waals surface area contributed by atoms with E-state index >= 15 is 0 Å². The Labute approximate surface area is 202 Å². The maximum Gasteiger partial charge on any atom is 0.338 e. The maximum atomic E-state index is 12.7. The van der Waals surface area contributed by atoms with Crippen LogP contribution < -0.4 is 0 Å². The quantitative estimate of drug-likeness (QED) is 0.318. The second kappa shape index (κ2) is 13.3. The van der Waals surface area contributed by atoms with E-state index in [4.69, 9.17) is 18.9 Å². The lowest BCUT2D eigenvalue weighted by molar-refractivity contribution is -0.269. The highest BCUT2D eigenvalue weighted by Gasteiger charge is 2.43. The minimum Gasteiger partial charge on any atom is -0.461 e. The van der Waals surface area contributed by atoms with Crippen LogP contribution in [0, 0.1) is 11.8 Å². The fraction of sp³-hybridized carbons (Fsp3) is 0.500. The van der Waals surface area contributed by atoms with E-state index in [9.17, 15) is 9.59 Å². The molecule has 184 valence electrons. The van der Waals surface area contributed by atoms with Crippen molar-refractivity contribution in [1.29, 1.82) is 0 Å². The zero-order chi connectivity index (χ0) is 24.3. The Morgan fingerprint density at radius 2 is 1.59 bits per heavy atom. The van der Waals surface area contributed by atoms with E-state index in [-0.39, 0.29) is 36.5 Å². The predicted octanol–water partition coefficient (Wildman–Crippen LogP) is 5.55. The first-order valence-corrected chi connectivity index (χ1v) is 12.2. The molecule has 6 heteroatoms. The summed E-state index contributed by atoms with van der Waals surface area (Å²) in [6.45, 7) is 6.99. The van der Waals surface area contributed by atoms with Gasteiger partial charge in [-0.05, 0) is 42.9 Å². The summed E-state index contributed by atoms with van der Waals surface area (Å²) in [5.74, 6) is -0.277. The Balaban J connectivity index is 1.46. The number of carbonyl (C=O) groups is 2. The molecule has 0 spiro atoms. The summed E-state index contributed by atoms with van der Waals surface area (Å²) in [5, 5.41) is 0. The van der Waals surface area contributed by atoms with Crippen LogP contribution in [0.15, 0.2) is 60.7 Å². The van der Waals surface area contributed by atoms with Crippen molar-refractivity contribution in [3.8, 4) is 0 Å². The second-order valence-corrected chi connectivity index (χ2v) is 8.88. The molecule has 34 heavy (non-hydrogen) atoms. The fourth-order valence-electron chi connectivity index (χ4n) is 4.17. The van der Waals surface area contributed by atoms with Crippen LogP contribution in [-0.4, -0.2) is 37.0 Å². The van der Waals surface area contributed by atoms with Crippen LogP contribution in [0.4, 0.5) is 0 Å². The van der Waals surface area contributed by atoms with Gasteiger partial charge in [0.1, 0.15) is 6.61 Å². The Morgan fingerprint density at radius 3 is 2.26 bits per heavy atom. The lowest BCUT2D eigenvalue weighted by atomic mass is 9.82. The van der Waals surface area contributed by atoms with E-state index < -0.39 is 12.4 Å². The molecule has 0 amide bonds. The van der Waals surface area contributed by atoms with Crippen molar-refractivity contribution in [3.05, 3.63) is 71.8 Å². The van der Waals surface area contributed by atoms with Gasteiger partial charge in [0.2, 0.25) is 0 Å². The van der Waals surface area contributed by atoms with Gasteiger partial charge < -0.3 is 18.9 Å². The first kappa shape index (κ1) is 25.9. The number of ether oxygens (including phenoxy) is 4. The van der Waals surface area contributed by atoms with Crippen molar-refractivity contribution >= 4 is 11.9 Å². The van der Waals surface area contributed by atoms with Gasteiger partial charge in [0.05, 0.1) is 11.7 Å². The molecule has 0 bridgehead atoms. The Kier molecular flexibility index (Phi) is 10.1. The van der Waals surface area contributed by atoms with Crippen LogP contribution in [-0.2, 0) is 30.3 Å². The molecule has 1 aliphatic heterocycles. The van der Waals surface area contributed by atoms with E-state index in [1.165, 1.54) is 0 Å². The number of unbranched alkanes of at least 4 members (excludes halogenated alkanes) is 1. The standard InChI is InChI=1S/C28H36O6/c1-4-24-20(2)21(3)26(34-27(30)23-15-9-6-10-16-23)28(33-24)31-18-12-11-17-25(29)32-19-22-13-7-5-8-14-22/h5-10,13-16,20-21,24,26,28H,4,11-12,17-19H2,1-3H3/t20-,21-,24?,26?,28-/m0/s1. The highest BCUT2D eigenvalue weighted by Crippen LogP contribution is 2.35. The van der Waals surface area contributed by atoms with Gasteiger partial charge in [0.15, 0.2) is 12.4 Å². The molecule has 5 atom stereocenters. The highest BCUT2D eigenvalue weighted by molar-refractivity contribution is 5.89. The number of carbonyl (C=O) groups excluding carboxylic acids is 2. The van der Waals surface area contributed by atoms with Crippen molar-refractivity contribution in [1.82, 2.24) is 0 Å². The van der Waals surface area contributed by atoms with Crippen LogP contribution in [0.2, 0.25) is 0 Å². The van der Waals surface area contributed by atoms with Crippen molar-refractivity contribution in [2.45, 2.75) is 71.6 Å². The van der Waals surface area contributed by atoms with E-state index in [1.807, 2.05) is 48.5 Å². The number of rotatable bonds is 11. The first-order chi connectivity index (χ1) is 16.5. The van der Waals surface area contributed by atoms with E-state index in [1.54, 1.807) is 12.1 Å². The molecule has 1 aliphatic rings. The van der Waals surface area contributed by atoms with Crippen LogP contribution in [0.1, 0.15) is 62.4 Å². The summed E-state index contributed by atoms with van der Waals surface area (Å²) in [7, 11) is 0. The van der Waals surface area contributed by atoms with Gasteiger partial charge in [0, 0.05) is 18.9 Å². The Morgan fingerprint density at radius 1 is 0.912 bits per heavy atom. The summed E-state index contributed by atoms with van der Waals surface area (Å²) in [6, 6.07) is 18.6. The van der Waals surface area contributed by atoms with Crippen molar-refractivity contribution < 1.29 is 28.5 Å². The van der Waals surface area contributed by atoms with Gasteiger partial charge in [-0.25, -0.2) is 4.79 Å². The molecule has 1 saturated heterocycles. The molecule has 0 radical (unpaired) electrons. The summed E-state index contributed by atoms with van der Waals surface area (Å²) in [6.07, 6.45) is 1.44. The van der Waals surface area contributed by atoms with Crippen LogP contribution in [0.3, 0.4) is 0 Å². The largest absolute Gasteiger partial charge is 0.461 e. The van der Waals surface area contributed by atoms with E-state index in [2.05, 4.69) is 20.8 Å². The normalized spacial score (nSPS) is 24.4. The zero-order valence-corrected chi connectivity index (χ0v) is 20.4. The van der Waals surface area contributed by atoms with Gasteiger partial charge in [0.25, 0.3) is 0 Å². The van der Waals surface area contributed by atoms with Gasteiger partial charge in [-0.3, -0.25) is 4.79 Å². The highest BCUT2D eigenvalue weighted by atomic mass is 16.7. The fourth-order valence-corrected chi connectivity index (χ4v) is 4.17. The summed E-state index contributed by atoms with van der Waals surface area (Å²) in [5.41, 5.74) is 1.48. The second-order valence-electron chi connectivity index (χ2n) is 8.88. The lowest BCUT2D eigenvalue weighted by Gasteiger charge is -2.43. The third kappa shape index (κ3) is 7.40. The molecule has 0 saturated carbocycles. The topological polar surface area (TPSA) is 71.1 Å². The number of hydrogen-bond acceptors (Lipinski definition) is 6. The molecule has 6 nitrogen and oxygen atoms in total. The Bertz CT molecular complexity index is 884. The van der Waals surface area contributed by atoms with Gasteiger partial charge >= 0.3 is 11.9 Å². The van der Waals surface area contributed by atoms with Gasteiger partial charge in [-0.1, -0.05) is 69.3 Å². The molecule has 2 aromatic carbocycles. The van der Waals surface area contributed by atoms with Crippen molar-refractivity contribution in [3.63, 3.8) is 0 Å². The number of benzene rings is 2. The summed E-state index contributed by atoms with van der Waals surface area (Å²) < 4.78 is 23.4. The monoisotopic (exact) mass is 468 g/mol. The minimum absolute atomic E-state index is 0.0413. The van der Waals surface area contributed by atoms with Gasteiger partial charge in [-0.15, -0.1) is 0 Å². The minimum atomic E-state index is -0.631. The van der Waals surface area contributed by atoms with Crippen molar-refractivity contribution in [2.24, 2.45) is 11.8 Å². The Hall–Kier alpha value is -2.70.